The monoisotopic (exact) mass is 273 g/mol. The van der Waals surface area contributed by atoms with E-state index in [1.54, 1.807) is 17.0 Å². The van der Waals surface area contributed by atoms with Crippen molar-refractivity contribution in [2.45, 2.75) is 12.8 Å². The first kappa shape index (κ1) is 12.3. The highest BCUT2D eigenvalue weighted by Crippen LogP contribution is 2.28. The molecule has 1 aromatic carbocycles. The summed E-state index contributed by atoms with van der Waals surface area (Å²) in [6.45, 7) is 0.548. The van der Waals surface area contributed by atoms with Gasteiger partial charge in [-0.2, -0.15) is 5.21 Å². The lowest BCUT2D eigenvalue weighted by Gasteiger charge is -2.28. The molecule has 3 rings (SSSR count). The molecule has 2 aromatic rings. The summed E-state index contributed by atoms with van der Waals surface area (Å²) in [4.78, 5) is 24.8. The van der Waals surface area contributed by atoms with Crippen molar-refractivity contribution in [3.8, 4) is 0 Å². The molecule has 0 saturated heterocycles. The summed E-state index contributed by atoms with van der Waals surface area (Å²) < 4.78 is 0. The Balaban J connectivity index is 1.98. The van der Waals surface area contributed by atoms with Crippen molar-refractivity contribution in [3.05, 3.63) is 35.2 Å². The van der Waals surface area contributed by atoms with Crippen LogP contribution >= 0.6 is 0 Å². The Bertz CT molecular complexity index is 668. The molecule has 0 radical (unpaired) electrons. The average molecular weight is 273 g/mol. The fourth-order valence-electron chi connectivity index (χ4n) is 2.31. The van der Waals surface area contributed by atoms with Crippen molar-refractivity contribution < 1.29 is 14.7 Å². The number of fused-ring (bicyclic) bond motifs is 1. The van der Waals surface area contributed by atoms with Gasteiger partial charge in [0, 0.05) is 12.2 Å². The van der Waals surface area contributed by atoms with Gasteiger partial charge in [0.25, 0.3) is 11.7 Å². The second-order valence-corrected chi connectivity index (χ2v) is 4.44. The maximum Gasteiger partial charge on any atom is 0.335 e. The van der Waals surface area contributed by atoms with Gasteiger partial charge < -0.3 is 10.0 Å². The molecule has 1 aliphatic rings. The van der Waals surface area contributed by atoms with Crippen molar-refractivity contribution in [3.63, 3.8) is 0 Å². The van der Waals surface area contributed by atoms with Gasteiger partial charge in [-0.15, -0.1) is 10.2 Å². The minimum absolute atomic E-state index is 0.000149. The predicted molar refractivity (Wildman–Crippen MR) is 67.6 cm³/mol. The molecule has 2 N–H and O–H groups in total. The fourth-order valence-corrected chi connectivity index (χ4v) is 2.31. The second kappa shape index (κ2) is 4.72. The van der Waals surface area contributed by atoms with Crippen LogP contribution in [-0.4, -0.2) is 44.2 Å². The largest absolute Gasteiger partial charge is 0.478 e. The van der Waals surface area contributed by atoms with Crippen LogP contribution in [0.15, 0.2) is 18.2 Å². The number of aromatic amines is 1. The van der Waals surface area contributed by atoms with Crippen LogP contribution in [0.25, 0.3) is 0 Å². The number of carboxylic acids is 1. The highest BCUT2D eigenvalue weighted by Gasteiger charge is 2.26. The molecule has 0 atom stereocenters. The van der Waals surface area contributed by atoms with Crippen molar-refractivity contribution in [1.29, 1.82) is 0 Å². The lowest BCUT2D eigenvalue weighted by atomic mass is 9.99. The average Bonchev–Trinajstić information content (AvgIpc) is 2.99. The van der Waals surface area contributed by atoms with Gasteiger partial charge in [0.05, 0.1) is 5.56 Å². The third-order valence-corrected chi connectivity index (χ3v) is 3.23. The summed E-state index contributed by atoms with van der Waals surface area (Å²) in [5, 5.41) is 22.0. The molecule has 20 heavy (non-hydrogen) atoms. The first-order valence-electron chi connectivity index (χ1n) is 6.08. The molecule has 0 bridgehead atoms. The molecular formula is C12H11N5O3. The molecule has 2 heterocycles. The number of aryl methyl sites for hydroxylation is 1. The molecule has 1 amide bonds. The number of aromatic carboxylic acids is 1. The van der Waals surface area contributed by atoms with E-state index in [0.29, 0.717) is 12.2 Å². The maximum atomic E-state index is 12.3. The van der Waals surface area contributed by atoms with Crippen molar-refractivity contribution in [2.75, 3.05) is 11.4 Å². The quantitative estimate of drug-likeness (QED) is 0.823. The van der Waals surface area contributed by atoms with E-state index in [9.17, 15) is 9.59 Å². The number of nitrogens with one attached hydrogen (secondary N) is 1. The minimum Gasteiger partial charge on any atom is -0.478 e. The minimum atomic E-state index is -0.977. The van der Waals surface area contributed by atoms with Gasteiger partial charge in [0.15, 0.2) is 0 Å². The lowest BCUT2D eigenvalue weighted by molar-refractivity contribution is 0.0696. The van der Waals surface area contributed by atoms with E-state index in [0.717, 1.165) is 18.4 Å². The number of carbonyl (C=O) groups excluding carboxylic acids is 1. The third kappa shape index (κ3) is 2.00. The number of aromatic nitrogens is 4. The molecule has 0 fully saturated rings. The molecule has 0 spiro atoms. The van der Waals surface area contributed by atoms with Crippen LogP contribution in [0.2, 0.25) is 0 Å². The highest BCUT2D eigenvalue weighted by molar-refractivity contribution is 6.04. The molecule has 0 unspecified atom stereocenters. The number of rotatable bonds is 2. The number of amides is 1. The normalized spacial score (nSPS) is 13.9. The lowest BCUT2D eigenvalue weighted by Crippen LogP contribution is -2.36. The third-order valence-electron chi connectivity index (χ3n) is 3.23. The number of carbonyl (C=O) groups is 2. The van der Waals surface area contributed by atoms with Gasteiger partial charge in [0.2, 0.25) is 0 Å². The number of benzene rings is 1. The van der Waals surface area contributed by atoms with Crippen LogP contribution in [0.3, 0.4) is 0 Å². The van der Waals surface area contributed by atoms with Gasteiger partial charge >= 0.3 is 5.97 Å². The fraction of sp³-hybridized carbons (Fsp3) is 0.250. The zero-order valence-electron chi connectivity index (χ0n) is 10.4. The Morgan fingerprint density at radius 1 is 1.35 bits per heavy atom. The molecule has 102 valence electrons. The SMILES string of the molecule is O=C(O)c1ccc2c(c1)CCCN2C(=O)c1nn[nH]n1. The summed E-state index contributed by atoms with van der Waals surface area (Å²) in [5.74, 6) is -1.32. The summed E-state index contributed by atoms with van der Waals surface area (Å²) in [6, 6.07) is 4.74. The molecule has 0 aliphatic carbocycles. The van der Waals surface area contributed by atoms with Gasteiger partial charge in [-0.1, -0.05) is 0 Å². The van der Waals surface area contributed by atoms with Crippen molar-refractivity contribution in [2.24, 2.45) is 0 Å². The first-order valence-corrected chi connectivity index (χ1v) is 6.08. The molecular weight excluding hydrogens is 262 g/mol. The Morgan fingerprint density at radius 2 is 2.20 bits per heavy atom. The molecule has 1 aromatic heterocycles. The van der Waals surface area contributed by atoms with Crippen LogP contribution in [-0.2, 0) is 6.42 Å². The zero-order valence-corrected chi connectivity index (χ0v) is 10.4. The number of anilines is 1. The first-order chi connectivity index (χ1) is 9.66. The van der Waals surface area contributed by atoms with Crippen LogP contribution < -0.4 is 4.90 Å². The van der Waals surface area contributed by atoms with E-state index in [4.69, 9.17) is 5.11 Å². The van der Waals surface area contributed by atoms with Crippen LogP contribution in [0.4, 0.5) is 5.69 Å². The number of carboxylic acid groups (broad SMARTS) is 1. The predicted octanol–water partition coefficient (Wildman–Crippen LogP) is 0.491. The Kier molecular flexibility index (Phi) is 2.90. The van der Waals surface area contributed by atoms with Crippen molar-refractivity contribution >= 4 is 17.6 Å². The highest BCUT2D eigenvalue weighted by atomic mass is 16.4. The smallest absolute Gasteiger partial charge is 0.335 e. The number of tetrazole rings is 1. The molecule has 8 heteroatoms. The summed E-state index contributed by atoms with van der Waals surface area (Å²) >= 11 is 0. The van der Waals surface area contributed by atoms with Crippen molar-refractivity contribution in [1.82, 2.24) is 20.6 Å². The Morgan fingerprint density at radius 3 is 2.90 bits per heavy atom. The standard InChI is InChI=1S/C12H11N5O3/c18-11(10-13-15-16-14-10)17-5-1-2-7-6-8(12(19)20)3-4-9(7)17/h3-4,6H,1-2,5H2,(H,19,20)(H,13,14,15,16). The summed E-state index contributed by atoms with van der Waals surface area (Å²) in [7, 11) is 0. The number of hydrogen-bond donors (Lipinski definition) is 2. The van der Waals surface area contributed by atoms with E-state index >= 15 is 0 Å². The van der Waals surface area contributed by atoms with Crippen LogP contribution in [0, 0.1) is 0 Å². The van der Waals surface area contributed by atoms with E-state index in [1.807, 2.05) is 0 Å². The summed E-state index contributed by atoms with van der Waals surface area (Å²) in [5.41, 5.74) is 1.77. The van der Waals surface area contributed by atoms with E-state index < -0.39 is 5.97 Å². The summed E-state index contributed by atoms with van der Waals surface area (Å²) in [6.07, 6.45) is 1.51. The zero-order chi connectivity index (χ0) is 14.1. The maximum absolute atomic E-state index is 12.3. The molecule has 0 saturated carbocycles. The number of hydrogen-bond acceptors (Lipinski definition) is 5. The Hall–Kier alpha value is -2.77. The second-order valence-electron chi connectivity index (χ2n) is 4.44. The van der Waals surface area contributed by atoms with Crippen LogP contribution in [0.5, 0.6) is 0 Å². The topological polar surface area (TPSA) is 112 Å². The van der Waals surface area contributed by atoms with Gasteiger partial charge in [0.1, 0.15) is 0 Å². The number of H-pyrrole nitrogens is 1. The van der Waals surface area contributed by atoms with Gasteiger partial charge in [-0.25, -0.2) is 4.79 Å². The van der Waals surface area contributed by atoms with E-state index in [1.165, 1.54) is 6.07 Å². The van der Waals surface area contributed by atoms with Gasteiger partial charge in [-0.05, 0) is 41.8 Å². The number of nitrogens with zero attached hydrogens (tertiary/aromatic N) is 4. The van der Waals surface area contributed by atoms with Crippen LogP contribution in [0.1, 0.15) is 33.0 Å². The molecule has 8 nitrogen and oxygen atoms in total. The van der Waals surface area contributed by atoms with Gasteiger partial charge in [-0.3, -0.25) is 4.79 Å². The molecule has 1 aliphatic heterocycles. The Labute approximate surface area is 113 Å². The van der Waals surface area contributed by atoms with E-state index in [2.05, 4.69) is 20.6 Å². The van der Waals surface area contributed by atoms with E-state index in [-0.39, 0.29) is 17.3 Å².